The minimum Gasteiger partial charge on any atom is -0.340 e. The molecule has 0 aliphatic heterocycles. The van der Waals surface area contributed by atoms with Crippen LogP contribution in [-0.2, 0) is 11.2 Å². The third-order valence-electron chi connectivity index (χ3n) is 4.86. The van der Waals surface area contributed by atoms with Crippen molar-refractivity contribution in [2.45, 2.75) is 12.5 Å². The van der Waals surface area contributed by atoms with E-state index in [1.54, 1.807) is 6.20 Å². The number of rotatable bonds is 6. The van der Waals surface area contributed by atoms with E-state index < -0.39 is 6.04 Å². The molecule has 0 fully saturated rings. The molecule has 0 spiro atoms. The Hall–Kier alpha value is -3.99. The van der Waals surface area contributed by atoms with Crippen molar-refractivity contribution in [3.63, 3.8) is 0 Å². The van der Waals surface area contributed by atoms with Crippen LogP contribution in [0.15, 0.2) is 97.3 Å². The lowest BCUT2D eigenvalue weighted by molar-refractivity contribution is -0.118. The highest BCUT2D eigenvalue weighted by Gasteiger charge is 2.23. The first-order valence-electron chi connectivity index (χ1n) is 9.74. The number of amides is 2. The molecule has 0 saturated heterocycles. The molecule has 2 N–H and O–H groups in total. The SMILES string of the molecule is O=C(NC(Cc1ccccc1)C(=O)Nc1ccccc1)c1cncc2ccccc12. The van der Waals surface area contributed by atoms with Crippen molar-refractivity contribution in [2.75, 3.05) is 5.32 Å². The molecule has 1 aromatic heterocycles. The second-order valence-electron chi connectivity index (χ2n) is 6.98. The van der Waals surface area contributed by atoms with Crippen molar-refractivity contribution in [1.82, 2.24) is 10.3 Å². The highest BCUT2D eigenvalue weighted by Crippen LogP contribution is 2.17. The van der Waals surface area contributed by atoms with Gasteiger partial charge in [-0.25, -0.2) is 0 Å². The van der Waals surface area contributed by atoms with Gasteiger partial charge >= 0.3 is 0 Å². The molecule has 148 valence electrons. The molecular weight excluding hydrogens is 374 g/mol. The van der Waals surface area contributed by atoms with E-state index in [0.717, 1.165) is 16.3 Å². The molecule has 5 heteroatoms. The van der Waals surface area contributed by atoms with Crippen LogP contribution >= 0.6 is 0 Å². The first kappa shape index (κ1) is 19.3. The standard InChI is InChI=1S/C25H21N3O2/c29-24(22-17-26-16-19-11-7-8-14-21(19)22)28-23(15-18-9-3-1-4-10-18)25(30)27-20-12-5-2-6-13-20/h1-14,16-17,23H,15H2,(H,27,30)(H,28,29). The molecular formula is C25H21N3O2. The fraction of sp³-hybridized carbons (Fsp3) is 0.0800. The van der Waals surface area contributed by atoms with Crippen molar-refractivity contribution in [1.29, 1.82) is 0 Å². The molecule has 0 aliphatic rings. The van der Waals surface area contributed by atoms with Gasteiger partial charge in [-0.3, -0.25) is 14.6 Å². The predicted octanol–water partition coefficient (Wildman–Crippen LogP) is 4.21. The van der Waals surface area contributed by atoms with Gasteiger partial charge in [-0.05, 0) is 23.1 Å². The second-order valence-corrected chi connectivity index (χ2v) is 6.98. The number of nitrogens with zero attached hydrogens (tertiary/aromatic N) is 1. The average molecular weight is 395 g/mol. The molecule has 3 aromatic carbocycles. The smallest absolute Gasteiger partial charge is 0.254 e. The van der Waals surface area contributed by atoms with Crippen molar-refractivity contribution < 1.29 is 9.59 Å². The number of benzene rings is 3. The summed E-state index contributed by atoms with van der Waals surface area (Å²) in [4.78, 5) is 30.3. The summed E-state index contributed by atoms with van der Waals surface area (Å²) < 4.78 is 0. The van der Waals surface area contributed by atoms with Gasteiger partial charge < -0.3 is 10.6 Å². The van der Waals surface area contributed by atoms with Crippen molar-refractivity contribution >= 4 is 28.3 Å². The molecule has 0 aliphatic carbocycles. The van der Waals surface area contributed by atoms with E-state index in [1.165, 1.54) is 6.20 Å². The average Bonchev–Trinajstić information content (AvgIpc) is 2.79. The van der Waals surface area contributed by atoms with Gasteiger partial charge in [-0.15, -0.1) is 0 Å². The molecule has 0 saturated carbocycles. The molecule has 0 radical (unpaired) electrons. The lowest BCUT2D eigenvalue weighted by atomic mass is 10.0. The molecule has 1 atom stereocenters. The molecule has 2 amide bonds. The minimum absolute atomic E-state index is 0.272. The molecule has 1 unspecified atom stereocenters. The van der Waals surface area contributed by atoms with Crippen LogP contribution < -0.4 is 10.6 Å². The maximum atomic E-state index is 13.1. The summed E-state index contributed by atoms with van der Waals surface area (Å²) in [7, 11) is 0. The fourth-order valence-electron chi connectivity index (χ4n) is 3.34. The van der Waals surface area contributed by atoms with E-state index in [4.69, 9.17) is 0 Å². The van der Waals surface area contributed by atoms with Gasteiger partial charge in [0, 0.05) is 29.9 Å². The maximum absolute atomic E-state index is 13.1. The number of pyridine rings is 1. The van der Waals surface area contributed by atoms with Crippen LogP contribution in [0.25, 0.3) is 10.8 Å². The van der Waals surface area contributed by atoms with Crippen LogP contribution in [0.5, 0.6) is 0 Å². The van der Waals surface area contributed by atoms with Crippen molar-refractivity contribution in [3.05, 3.63) is 108 Å². The molecule has 4 rings (SSSR count). The van der Waals surface area contributed by atoms with Crippen molar-refractivity contribution in [3.8, 4) is 0 Å². The number of hydrogen-bond donors (Lipinski definition) is 2. The van der Waals surface area contributed by atoms with Crippen LogP contribution in [0.3, 0.4) is 0 Å². The van der Waals surface area contributed by atoms with Crippen LogP contribution in [0.1, 0.15) is 15.9 Å². The number of aromatic nitrogens is 1. The van der Waals surface area contributed by atoms with Gasteiger partial charge in [-0.2, -0.15) is 0 Å². The van der Waals surface area contributed by atoms with E-state index >= 15 is 0 Å². The first-order chi connectivity index (χ1) is 14.7. The Labute approximate surface area is 174 Å². The summed E-state index contributed by atoms with van der Waals surface area (Å²) in [6, 6.07) is 25.7. The molecule has 4 aromatic rings. The minimum atomic E-state index is -0.737. The Morgan fingerprint density at radius 1 is 0.800 bits per heavy atom. The van der Waals surface area contributed by atoms with Crippen LogP contribution in [0, 0.1) is 0 Å². The molecule has 30 heavy (non-hydrogen) atoms. The number of fused-ring (bicyclic) bond motifs is 1. The Morgan fingerprint density at radius 2 is 1.47 bits per heavy atom. The summed E-state index contributed by atoms with van der Waals surface area (Å²) in [5.74, 6) is -0.602. The zero-order chi connectivity index (χ0) is 20.8. The zero-order valence-corrected chi connectivity index (χ0v) is 16.3. The monoisotopic (exact) mass is 395 g/mol. The fourth-order valence-corrected chi connectivity index (χ4v) is 3.34. The van der Waals surface area contributed by atoms with Crippen LogP contribution in [0.4, 0.5) is 5.69 Å². The third-order valence-corrected chi connectivity index (χ3v) is 4.86. The van der Waals surface area contributed by atoms with E-state index in [0.29, 0.717) is 17.7 Å². The summed E-state index contributed by atoms with van der Waals surface area (Å²) in [6.07, 6.45) is 3.63. The highest BCUT2D eigenvalue weighted by molar-refractivity contribution is 6.08. The van der Waals surface area contributed by atoms with E-state index in [9.17, 15) is 9.59 Å². The number of carbonyl (C=O) groups excluding carboxylic acids is 2. The van der Waals surface area contributed by atoms with Gasteiger partial charge in [-0.1, -0.05) is 72.8 Å². The number of anilines is 1. The second kappa shape index (κ2) is 9.01. The summed E-state index contributed by atoms with van der Waals surface area (Å²) in [5, 5.41) is 7.46. The highest BCUT2D eigenvalue weighted by atomic mass is 16.2. The number of nitrogens with one attached hydrogen (secondary N) is 2. The van der Waals surface area contributed by atoms with Gasteiger partial charge in [0.1, 0.15) is 6.04 Å². The summed E-state index contributed by atoms with van der Waals surface area (Å²) in [5.41, 5.74) is 2.09. The predicted molar refractivity (Wildman–Crippen MR) is 118 cm³/mol. The van der Waals surface area contributed by atoms with Gasteiger partial charge in [0.05, 0.1) is 5.56 Å². The lowest BCUT2D eigenvalue weighted by Gasteiger charge is -2.19. The third kappa shape index (κ3) is 4.52. The van der Waals surface area contributed by atoms with E-state index in [1.807, 2.05) is 84.9 Å². The van der Waals surface area contributed by atoms with Crippen LogP contribution in [0.2, 0.25) is 0 Å². The van der Waals surface area contributed by atoms with Crippen molar-refractivity contribution in [2.24, 2.45) is 0 Å². The Bertz CT molecular complexity index is 1160. The van der Waals surface area contributed by atoms with E-state index in [-0.39, 0.29) is 11.8 Å². The Kier molecular flexibility index (Phi) is 5.80. The van der Waals surface area contributed by atoms with Gasteiger partial charge in [0.15, 0.2) is 0 Å². The number of para-hydroxylation sites is 1. The van der Waals surface area contributed by atoms with Gasteiger partial charge in [0.25, 0.3) is 5.91 Å². The molecule has 5 nitrogen and oxygen atoms in total. The zero-order valence-electron chi connectivity index (χ0n) is 16.3. The largest absolute Gasteiger partial charge is 0.340 e. The van der Waals surface area contributed by atoms with E-state index in [2.05, 4.69) is 15.6 Å². The topological polar surface area (TPSA) is 71.1 Å². The Morgan fingerprint density at radius 3 is 2.23 bits per heavy atom. The number of carbonyl (C=O) groups is 2. The summed E-state index contributed by atoms with van der Waals surface area (Å²) >= 11 is 0. The maximum Gasteiger partial charge on any atom is 0.254 e. The van der Waals surface area contributed by atoms with Gasteiger partial charge in [0.2, 0.25) is 5.91 Å². The molecule has 0 bridgehead atoms. The number of hydrogen-bond acceptors (Lipinski definition) is 3. The Balaban J connectivity index is 1.60. The summed E-state index contributed by atoms with van der Waals surface area (Å²) in [6.45, 7) is 0. The normalized spacial score (nSPS) is 11.6. The van der Waals surface area contributed by atoms with Crippen LogP contribution in [-0.4, -0.2) is 22.8 Å². The lowest BCUT2D eigenvalue weighted by Crippen LogP contribution is -2.45. The molecule has 1 heterocycles. The quantitative estimate of drug-likeness (QED) is 0.514. The first-order valence-corrected chi connectivity index (χ1v) is 9.74.